The SMILES string of the molecule is CC(C)(F)CN1CCC(COc2ccc(-c3ccc(C(=O)NCCC(=O)O)cc3)cc2)CC1. The number of benzene rings is 2. The number of alkyl halides is 1. The van der Waals surface area contributed by atoms with E-state index in [-0.39, 0.29) is 18.9 Å². The summed E-state index contributed by atoms with van der Waals surface area (Å²) in [6.45, 7) is 6.33. The van der Waals surface area contributed by atoms with Crippen LogP contribution in [-0.4, -0.2) is 60.3 Å². The van der Waals surface area contributed by atoms with E-state index in [2.05, 4.69) is 10.2 Å². The van der Waals surface area contributed by atoms with E-state index in [1.165, 1.54) is 0 Å². The van der Waals surface area contributed by atoms with E-state index in [1.54, 1.807) is 26.0 Å². The summed E-state index contributed by atoms with van der Waals surface area (Å²) < 4.78 is 19.8. The molecular formula is C26H33FN2O4. The Balaban J connectivity index is 1.45. The van der Waals surface area contributed by atoms with Crippen molar-refractivity contribution in [2.24, 2.45) is 5.92 Å². The Bertz CT molecular complexity index is 915. The monoisotopic (exact) mass is 456 g/mol. The second-order valence-electron chi connectivity index (χ2n) is 9.25. The Kier molecular flexibility index (Phi) is 8.44. The first-order chi connectivity index (χ1) is 15.7. The van der Waals surface area contributed by atoms with E-state index >= 15 is 0 Å². The van der Waals surface area contributed by atoms with E-state index in [0.717, 1.165) is 42.8 Å². The molecule has 33 heavy (non-hydrogen) atoms. The number of halogens is 1. The summed E-state index contributed by atoms with van der Waals surface area (Å²) in [7, 11) is 0. The molecule has 1 aliphatic heterocycles. The number of nitrogens with zero attached hydrogens (tertiary/aromatic N) is 1. The normalized spacial score (nSPS) is 15.2. The number of carboxylic acids is 1. The maximum atomic E-state index is 13.8. The number of carboxylic acid groups (broad SMARTS) is 1. The average Bonchev–Trinajstić information content (AvgIpc) is 2.78. The molecule has 6 nitrogen and oxygen atoms in total. The summed E-state index contributed by atoms with van der Waals surface area (Å²) >= 11 is 0. The molecule has 7 heteroatoms. The summed E-state index contributed by atoms with van der Waals surface area (Å²) in [5.41, 5.74) is 1.33. The van der Waals surface area contributed by atoms with Crippen LogP contribution < -0.4 is 10.1 Å². The van der Waals surface area contributed by atoms with E-state index in [9.17, 15) is 14.0 Å². The lowest BCUT2D eigenvalue weighted by atomic mass is 9.97. The van der Waals surface area contributed by atoms with Gasteiger partial charge in [0.2, 0.25) is 0 Å². The smallest absolute Gasteiger partial charge is 0.305 e. The number of amides is 1. The highest BCUT2D eigenvalue weighted by Gasteiger charge is 2.25. The van der Waals surface area contributed by atoms with Gasteiger partial charge in [0.25, 0.3) is 5.91 Å². The zero-order valence-corrected chi connectivity index (χ0v) is 19.4. The summed E-state index contributed by atoms with van der Waals surface area (Å²) in [6, 6.07) is 15.1. The number of hydrogen-bond acceptors (Lipinski definition) is 4. The summed E-state index contributed by atoms with van der Waals surface area (Å²) in [5, 5.41) is 11.2. The maximum absolute atomic E-state index is 13.8. The number of aliphatic carboxylic acids is 1. The fourth-order valence-electron chi connectivity index (χ4n) is 4.00. The minimum absolute atomic E-state index is 0.102. The number of likely N-dealkylation sites (tertiary alicyclic amines) is 1. The Hall–Kier alpha value is -2.93. The van der Waals surface area contributed by atoms with Gasteiger partial charge in [0.15, 0.2) is 0 Å². The van der Waals surface area contributed by atoms with Crippen molar-refractivity contribution in [3.05, 3.63) is 54.1 Å². The maximum Gasteiger partial charge on any atom is 0.305 e. The van der Waals surface area contributed by atoms with Gasteiger partial charge >= 0.3 is 5.97 Å². The predicted molar refractivity (Wildman–Crippen MR) is 126 cm³/mol. The van der Waals surface area contributed by atoms with Crippen LogP contribution in [0.1, 0.15) is 43.5 Å². The molecule has 3 rings (SSSR count). The van der Waals surface area contributed by atoms with Crippen LogP contribution in [0.3, 0.4) is 0 Å². The molecule has 1 amide bonds. The highest BCUT2D eigenvalue weighted by Crippen LogP contribution is 2.25. The molecule has 1 aliphatic rings. The van der Waals surface area contributed by atoms with Crippen LogP contribution >= 0.6 is 0 Å². The van der Waals surface area contributed by atoms with Gasteiger partial charge in [0.1, 0.15) is 11.4 Å². The Morgan fingerprint density at radius 2 is 1.64 bits per heavy atom. The van der Waals surface area contributed by atoms with Gasteiger partial charge in [-0.25, -0.2) is 4.39 Å². The molecule has 2 aromatic carbocycles. The second kappa shape index (κ2) is 11.3. The fraction of sp³-hybridized carbons (Fsp3) is 0.462. The zero-order chi connectivity index (χ0) is 23.8. The molecule has 178 valence electrons. The first kappa shape index (κ1) is 24.7. The van der Waals surface area contributed by atoms with Gasteiger partial charge in [-0.3, -0.25) is 9.59 Å². The van der Waals surface area contributed by atoms with Crippen molar-refractivity contribution < 1.29 is 23.8 Å². The molecule has 1 fully saturated rings. The minimum atomic E-state index is -1.15. The Morgan fingerprint density at radius 1 is 1.06 bits per heavy atom. The van der Waals surface area contributed by atoms with Gasteiger partial charge in [-0.2, -0.15) is 0 Å². The average molecular weight is 457 g/mol. The molecule has 0 radical (unpaired) electrons. The van der Waals surface area contributed by atoms with Gasteiger partial charge in [-0.1, -0.05) is 24.3 Å². The first-order valence-corrected chi connectivity index (χ1v) is 11.4. The minimum Gasteiger partial charge on any atom is -0.493 e. The molecule has 0 bridgehead atoms. The van der Waals surface area contributed by atoms with Crippen LogP contribution in [-0.2, 0) is 4.79 Å². The third-order valence-corrected chi connectivity index (χ3v) is 5.75. The van der Waals surface area contributed by atoms with Crippen molar-refractivity contribution in [3.63, 3.8) is 0 Å². The number of piperidine rings is 1. The van der Waals surface area contributed by atoms with Crippen LogP contribution in [0, 0.1) is 5.92 Å². The number of rotatable bonds is 10. The molecule has 0 unspecified atom stereocenters. The van der Waals surface area contributed by atoms with Crippen LogP contribution in [0.15, 0.2) is 48.5 Å². The molecule has 2 N–H and O–H groups in total. The van der Waals surface area contributed by atoms with Gasteiger partial charge in [0.05, 0.1) is 13.0 Å². The third kappa shape index (κ3) is 8.17. The summed E-state index contributed by atoms with van der Waals surface area (Å²) in [6.07, 6.45) is 1.93. The van der Waals surface area contributed by atoms with E-state index in [0.29, 0.717) is 24.6 Å². The summed E-state index contributed by atoms with van der Waals surface area (Å²) in [5.74, 6) is 0.0743. The summed E-state index contributed by atoms with van der Waals surface area (Å²) in [4.78, 5) is 24.8. The number of carbonyl (C=O) groups excluding carboxylic acids is 1. The molecule has 1 heterocycles. The van der Waals surface area contributed by atoms with Crippen LogP contribution in [0.5, 0.6) is 5.75 Å². The van der Waals surface area contributed by atoms with Crippen LogP contribution in [0.25, 0.3) is 11.1 Å². The van der Waals surface area contributed by atoms with Crippen molar-refractivity contribution in [1.29, 1.82) is 0 Å². The van der Waals surface area contributed by atoms with Gasteiger partial charge < -0.3 is 20.1 Å². The lowest BCUT2D eigenvalue weighted by Crippen LogP contribution is -2.41. The van der Waals surface area contributed by atoms with Crippen molar-refractivity contribution >= 4 is 11.9 Å². The quantitative estimate of drug-likeness (QED) is 0.554. The molecule has 0 atom stereocenters. The largest absolute Gasteiger partial charge is 0.493 e. The Labute approximate surface area is 194 Å². The van der Waals surface area contributed by atoms with Gasteiger partial charge in [-0.15, -0.1) is 0 Å². The molecular weight excluding hydrogens is 423 g/mol. The molecule has 1 saturated heterocycles. The highest BCUT2D eigenvalue weighted by atomic mass is 19.1. The third-order valence-electron chi connectivity index (χ3n) is 5.75. The second-order valence-corrected chi connectivity index (χ2v) is 9.25. The lowest BCUT2D eigenvalue weighted by Gasteiger charge is -2.34. The number of carbonyl (C=O) groups is 2. The van der Waals surface area contributed by atoms with Crippen molar-refractivity contribution in [2.45, 2.75) is 38.8 Å². The van der Waals surface area contributed by atoms with E-state index in [4.69, 9.17) is 9.84 Å². The topological polar surface area (TPSA) is 78.9 Å². The molecule has 0 saturated carbocycles. The zero-order valence-electron chi connectivity index (χ0n) is 19.4. The molecule has 0 aromatic heterocycles. The highest BCUT2D eigenvalue weighted by molar-refractivity contribution is 5.94. The molecule has 0 aliphatic carbocycles. The first-order valence-electron chi connectivity index (χ1n) is 11.4. The molecule has 0 spiro atoms. The van der Waals surface area contributed by atoms with Crippen molar-refractivity contribution in [3.8, 4) is 16.9 Å². The van der Waals surface area contributed by atoms with Gasteiger partial charge in [-0.05, 0) is 81.1 Å². The lowest BCUT2D eigenvalue weighted by molar-refractivity contribution is -0.136. The van der Waals surface area contributed by atoms with E-state index < -0.39 is 11.6 Å². The number of nitrogens with one attached hydrogen (secondary N) is 1. The van der Waals surface area contributed by atoms with Crippen LogP contribution in [0.4, 0.5) is 4.39 Å². The van der Waals surface area contributed by atoms with E-state index in [1.807, 2.05) is 36.4 Å². The van der Waals surface area contributed by atoms with Crippen LogP contribution in [0.2, 0.25) is 0 Å². The predicted octanol–water partition coefficient (Wildman–Crippen LogP) is 4.40. The van der Waals surface area contributed by atoms with Crippen molar-refractivity contribution in [2.75, 3.05) is 32.8 Å². The number of hydrogen-bond donors (Lipinski definition) is 2. The standard InChI is InChI=1S/C26H33FN2O4/c1-26(2,27)18-29-15-12-19(13-16-29)17-33-23-9-7-21(8-10-23)20-3-5-22(6-4-20)25(32)28-14-11-24(30)31/h3-10,19H,11-18H2,1-2H3,(H,28,32)(H,30,31). The fourth-order valence-corrected chi connectivity index (χ4v) is 4.00. The number of ether oxygens (including phenoxy) is 1. The van der Waals surface area contributed by atoms with Crippen molar-refractivity contribution in [1.82, 2.24) is 10.2 Å². The van der Waals surface area contributed by atoms with Gasteiger partial charge in [0, 0.05) is 18.7 Å². The Morgan fingerprint density at radius 3 is 2.18 bits per heavy atom. The molecule has 2 aromatic rings.